The molecule has 0 amide bonds. The molecule has 0 fully saturated rings. The van der Waals surface area contributed by atoms with E-state index in [4.69, 9.17) is 14.2 Å². The van der Waals surface area contributed by atoms with Crippen molar-refractivity contribution in [2.75, 3.05) is 20.3 Å². The molecular formula is C18H22N2O4. The lowest BCUT2D eigenvalue weighted by molar-refractivity contribution is -0.136. The summed E-state index contributed by atoms with van der Waals surface area (Å²) in [7, 11) is 3.42. The van der Waals surface area contributed by atoms with E-state index in [1.807, 2.05) is 26.1 Å². The fourth-order valence-electron chi connectivity index (χ4n) is 2.27. The second-order valence-electron chi connectivity index (χ2n) is 4.98. The van der Waals surface area contributed by atoms with Crippen LogP contribution in [0.25, 0.3) is 11.6 Å². The summed E-state index contributed by atoms with van der Waals surface area (Å²) < 4.78 is 17.8. The number of aryl methyl sites for hydroxylation is 1. The summed E-state index contributed by atoms with van der Waals surface area (Å²) in [5.41, 5.74) is 1.18. The average Bonchev–Trinajstić information content (AvgIpc) is 2.99. The number of methoxy groups -OCH3 is 1. The Morgan fingerprint density at radius 3 is 2.62 bits per heavy atom. The molecule has 0 bridgehead atoms. The SMILES string of the molecule is CCOC(=O)C(=Cc1ccc(OC)c(OCC)c1)c1nccn1C. The van der Waals surface area contributed by atoms with E-state index in [-0.39, 0.29) is 0 Å². The van der Waals surface area contributed by atoms with Gasteiger partial charge in [0.25, 0.3) is 0 Å². The fraction of sp³-hybridized carbons (Fsp3) is 0.333. The van der Waals surface area contributed by atoms with Gasteiger partial charge in [0.15, 0.2) is 11.5 Å². The first-order chi connectivity index (χ1) is 11.6. The van der Waals surface area contributed by atoms with E-state index in [9.17, 15) is 4.79 Å². The molecule has 1 heterocycles. The first-order valence-corrected chi connectivity index (χ1v) is 7.78. The van der Waals surface area contributed by atoms with Crippen molar-refractivity contribution in [3.05, 3.63) is 42.0 Å². The molecule has 6 nitrogen and oxygen atoms in total. The van der Waals surface area contributed by atoms with Gasteiger partial charge >= 0.3 is 5.97 Å². The molecule has 1 aromatic carbocycles. The first-order valence-electron chi connectivity index (χ1n) is 7.78. The van der Waals surface area contributed by atoms with Crippen LogP contribution in [0.1, 0.15) is 25.2 Å². The second-order valence-corrected chi connectivity index (χ2v) is 4.98. The maximum atomic E-state index is 12.3. The Balaban J connectivity index is 2.48. The molecule has 0 atom stereocenters. The summed E-state index contributed by atoms with van der Waals surface area (Å²) in [6, 6.07) is 5.48. The van der Waals surface area contributed by atoms with E-state index in [2.05, 4.69) is 4.98 Å². The zero-order valence-electron chi connectivity index (χ0n) is 14.4. The minimum Gasteiger partial charge on any atom is -0.493 e. The molecule has 6 heteroatoms. The van der Waals surface area contributed by atoms with Crippen molar-refractivity contribution in [2.24, 2.45) is 7.05 Å². The van der Waals surface area contributed by atoms with E-state index in [0.29, 0.717) is 36.1 Å². The van der Waals surface area contributed by atoms with Gasteiger partial charge in [-0.2, -0.15) is 0 Å². The number of hydrogen-bond donors (Lipinski definition) is 0. The molecular weight excluding hydrogens is 308 g/mol. The highest BCUT2D eigenvalue weighted by Gasteiger charge is 2.18. The molecule has 0 radical (unpaired) electrons. The molecule has 128 valence electrons. The lowest BCUT2D eigenvalue weighted by Crippen LogP contribution is -2.10. The molecule has 0 aliphatic carbocycles. The smallest absolute Gasteiger partial charge is 0.341 e. The number of hydrogen-bond acceptors (Lipinski definition) is 5. The van der Waals surface area contributed by atoms with Crippen molar-refractivity contribution in [1.29, 1.82) is 0 Å². The number of carbonyl (C=O) groups excluding carboxylic acids is 1. The van der Waals surface area contributed by atoms with Crippen LogP contribution < -0.4 is 9.47 Å². The summed E-state index contributed by atoms with van der Waals surface area (Å²) in [4.78, 5) is 16.6. The topological polar surface area (TPSA) is 62.6 Å². The van der Waals surface area contributed by atoms with Gasteiger partial charge < -0.3 is 18.8 Å². The number of benzene rings is 1. The third kappa shape index (κ3) is 3.95. The molecule has 2 rings (SSSR count). The van der Waals surface area contributed by atoms with Crippen LogP contribution in [-0.2, 0) is 16.6 Å². The van der Waals surface area contributed by atoms with E-state index >= 15 is 0 Å². The summed E-state index contributed by atoms with van der Waals surface area (Å²) in [5.74, 6) is 1.39. The Morgan fingerprint density at radius 1 is 1.25 bits per heavy atom. The highest BCUT2D eigenvalue weighted by Crippen LogP contribution is 2.30. The molecule has 0 saturated heterocycles. The number of ether oxygens (including phenoxy) is 3. The Morgan fingerprint density at radius 2 is 2.04 bits per heavy atom. The minimum atomic E-state index is -0.416. The van der Waals surface area contributed by atoms with Crippen LogP contribution in [-0.4, -0.2) is 35.8 Å². The zero-order chi connectivity index (χ0) is 17.5. The van der Waals surface area contributed by atoms with Gasteiger partial charge in [-0.25, -0.2) is 9.78 Å². The number of carbonyl (C=O) groups is 1. The fourth-order valence-corrected chi connectivity index (χ4v) is 2.27. The molecule has 1 aromatic heterocycles. The van der Waals surface area contributed by atoms with Crippen LogP contribution in [0.3, 0.4) is 0 Å². The number of imidazole rings is 1. The van der Waals surface area contributed by atoms with Gasteiger partial charge in [0, 0.05) is 19.4 Å². The quantitative estimate of drug-likeness (QED) is 0.577. The van der Waals surface area contributed by atoms with Crippen LogP contribution >= 0.6 is 0 Å². The predicted molar refractivity (Wildman–Crippen MR) is 91.9 cm³/mol. The molecule has 0 saturated carbocycles. The first kappa shape index (κ1) is 17.6. The van der Waals surface area contributed by atoms with Crippen molar-refractivity contribution in [3.8, 4) is 11.5 Å². The van der Waals surface area contributed by atoms with Crippen LogP contribution in [0.5, 0.6) is 11.5 Å². The van der Waals surface area contributed by atoms with E-state index in [1.165, 1.54) is 0 Å². The minimum absolute atomic E-state index is 0.299. The van der Waals surface area contributed by atoms with Crippen molar-refractivity contribution >= 4 is 17.6 Å². The van der Waals surface area contributed by atoms with Gasteiger partial charge in [-0.1, -0.05) is 6.07 Å². The Hall–Kier alpha value is -2.76. The lowest BCUT2D eigenvalue weighted by atomic mass is 10.1. The molecule has 24 heavy (non-hydrogen) atoms. The van der Waals surface area contributed by atoms with Gasteiger partial charge in [0.1, 0.15) is 11.4 Å². The summed E-state index contributed by atoms with van der Waals surface area (Å²) in [6.07, 6.45) is 5.16. The van der Waals surface area contributed by atoms with Gasteiger partial charge in [-0.15, -0.1) is 0 Å². The Labute approximate surface area is 141 Å². The number of aromatic nitrogens is 2. The lowest BCUT2D eigenvalue weighted by Gasteiger charge is -2.11. The normalized spacial score (nSPS) is 11.2. The predicted octanol–water partition coefficient (Wildman–Crippen LogP) is 2.93. The molecule has 0 unspecified atom stereocenters. The number of esters is 1. The van der Waals surface area contributed by atoms with Crippen LogP contribution in [0.4, 0.5) is 0 Å². The van der Waals surface area contributed by atoms with Gasteiger partial charge in [-0.05, 0) is 37.6 Å². The zero-order valence-corrected chi connectivity index (χ0v) is 14.4. The largest absolute Gasteiger partial charge is 0.493 e. The number of rotatable bonds is 7. The summed E-state index contributed by atoms with van der Waals surface area (Å²) >= 11 is 0. The van der Waals surface area contributed by atoms with Gasteiger partial charge in [0.05, 0.1) is 20.3 Å². The van der Waals surface area contributed by atoms with Gasteiger partial charge in [-0.3, -0.25) is 0 Å². The van der Waals surface area contributed by atoms with Crippen LogP contribution in [0, 0.1) is 0 Å². The van der Waals surface area contributed by atoms with Crippen molar-refractivity contribution in [2.45, 2.75) is 13.8 Å². The van der Waals surface area contributed by atoms with E-state index < -0.39 is 5.97 Å². The highest BCUT2D eigenvalue weighted by atomic mass is 16.5. The average molecular weight is 330 g/mol. The number of nitrogens with zero attached hydrogens (tertiary/aromatic N) is 2. The van der Waals surface area contributed by atoms with E-state index in [1.54, 1.807) is 43.1 Å². The summed E-state index contributed by atoms with van der Waals surface area (Å²) in [6.45, 7) is 4.50. The second kappa shape index (κ2) is 8.19. The maximum Gasteiger partial charge on any atom is 0.341 e. The van der Waals surface area contributed by atoms with Crippen LogP contribution in [0.15, 0.2) is 30.6 Å². The molecule has 2 aromatic rings. The molecule has 0 aliphatic heterocycles. The van der Waals surface area contributed by atoms with Crippen molar-refractivity contribution < 1.29 is 19.0 Å². The third-order valence-electron chi connectivity index (χ3n) is 3.36. The maximum absolute atomic E-state index is 12.3. The Bertz CT molecular complexity index is 734. The van der Waals surface area contributed by atoms with Crippen molar-refractivity contribution in [1.82, 2.24) is 9.55 Å². The van der Waals surface area contributed by atoms with Crippen molar-refractivity contribution in [3.63, 3.8) is 0 Å². The molecule has 0 spiro atoms. The third-order valence-corrected chi connectivity index (χ3v) is 3.36. The van der Waals surface area contributed by atoms with Gasteiger partial charge in [0.2, 0.25) is 0 Å². The van der Waals surface area contributed by atoms with E-state index in [0.717, 1.165) is 5.56 Å². The highest BCUT2D eigenvalue weighted by molar-refractivity contribution is 6.20. The monoisotopic (exact) mass is 330 g/mol. The van der Waals surface area contributed by atoms with Crippen LogP contribution in [0.2, 0.25) is 0 Å². The Kier molecular flexibility index (Phi) is 6.01. The molecule has 0 N–H and O–H groups in total. The molecule has 0 aliphatic rings. The standard InChI is InChI=1S/C18H22N2O4/c1-5-23-16-12-13(7-8-15(16)22-4)11-14(18(21)24-6-2)17-19-9-10-20(17)3/h7-12H,5-6H2,1-4H3. The summed E-state index contributed by atoms with van der Waals surface area (Å²) in [5, 5.41) is 0.